The van der Waals surface area contributed by atoms with Gasteiger partial charge in [0, 0.05) is 36.6 Å². The lowest BCUT2D eigenvalue weighted by Crippen LogP contribution is -2.49. The number of aromatic nitrogens is 1. The van der Waals surface area contributed by atoms with Gasteiger partial charge in [-0.1, -0.05) is 18.2 Å². The van der Waals surface area contributed by atoms with Gasteiger partial charge in [-0.15, -0.1) is 0 Å². The van der Waals surface area contributed by atoms with E-state index in [2.05, 4.69) is 10.3 Å². The molecule has 7 nitrogen and oxygen atoms in total. The predicted octanol–water partition coefficient (Wildman–Crippen LogP) is 0.700. The van der Waals surface area contributed by atoms with Gasteiger partial charge in [-0.05, 0) is 11.6 Å². The van der Waals surface area contributed by atoms with E-state index in [9.17, 15) is 9.59 Å². The average molecular weight is 345 g/mol. The molecule has 0 radical (unpaired) electrons. The van der Waals surface area contributed by atoms with Gasteiger partial charge in [0.15, 0.2) is 0 Å². The standard InChI is InChI=1S/C18H23N3O4/c1-24-18(23)16(20-17(22)12-21-6-8-25-9-7-21)10-13-11-19-15-5-3-2-4-14(13)15/h2-5,11,16,19H,6-10,12H2,1H3,(H,20,22). The van der Waals surface area contributed by atoms with E-state index in [0.29, 0.717) is 19.6 Å². The molecule has 134 valence electrons. The zero-order chi connectivity index (χ0) is 17.6. The van der Waals surface area contributed by atoms with Crippen LogP contribution in [0.2, 0.25) is 0 Å². The normalized spacial score (nSPS) is 16.5. The van der Waals surface area contributed by atoms with E-state index >= 15 is 0 Å². The third-order valence-corrected chi connectivity index (χ3v) is 4.39. The summed E-state index contributed by atoms with van der Waals surface area (Å²) in [5.74, 6) is -0.627. The fraction of sp³-hybridized carbons (Fsp3) is 0.444. The number of nitrogens with one attached hydrogen (secondary N) is 2. The van der Waals surface area contributed by atoms with Crippen molar-refractivity contribution in [3.05, 3.63) is 36.0 Å². The Morgan fingerprint density at radius 1 is 1.32 bits per heavy atom. The molecule has 1 aromatic carbocycles. The molecule has 1 atom stereocenters. The first-order valence-electron chi connectivity index (χ1n) is 8.39. The molecular formula is C18H23N3O4. The summed E-state index contributed by atoms with van der Waals surface area (Å²) in [4.78, 5) is 29.6. The SMILES string of the molecule is COC(=O)C(Cc1c[nH]c2ccccc12)NC(=O)CN1CCOCC1. The minimum atomic E-state index is -0.710. The average Bonchev–Trinajstić information content (AvgIpc) is 3.04. The van der Waals surface area contributed by atoms with E-state index in [4.69, 9.17) is 9.47 Å². The van der Waals surface area contributed by atoms with Gasteiger partial charge in [0.25, 0.3) is 0 Å². The fourth-order valence-electron chi connectivity index (χ4n) is 3.06. The number of carbonyl (C=O) groups excluding carboxylic acids is 2. The summed E-state index contributed by atoms with van der Waals surface area (Å²) >= 11 is 0. The molecule has 2 N–H and O–H groups in total. The molecule has 7 heteroatoms. The number of para-hydroxylation sites is 1. The van der Waals surface area contributed by atoms with Crippen molar-refractivity contribution < 1.29 is 19.1 Å². The topological polar surface area (TPSA) is 83.7 Å². The van der Waals surface area contributed by atoms with Crippen LogP contribution in [0, 0.1) is 0 Å². The van der Waals surface area contributed by atoms with E-state index in [1.807, 2.05) is 35.4 Å². The Hall–Kier alpha value is -2.38. The lowest BCUT2D eigenvalue weighted by Gasteiger charge is -2.26. The second-order valence-corrected chi connectivity index (χ2v) is 6.10. The van der Waals surface area contributed by atoms with Crippen molar-refractivity contribution in [1.29, 1.82) is 0 Å². The number of nitrogens with zero attached hydrogens (tertiary/aromatic N) is 1. The molecule has 0 spiro atoms. The number of benzene rings is 1. The van der Waals surface area contributed by atoms with Crippen LogP contribution in [0.1, 0.15) is 5.56 Å². The zero-order valence-corrected chi connectivity index (χ0v) is 14.3. The minimum Gasteiger partial charge on any atom is -0.467 e. The fourth-order valence-corrected chi connectivity index (χ4v) is 3.06. The number of fused-ring (bicyclic) bond motifs is 1. The Morgan fingerprint density at radius 2 is 2.08 bits per heavy atom. The van der Waals surface area contributed by atoms with E-state index in [-0.39, 0.29) is 12.5 Å². The maximum Gasteiger partial charge on any atom is 0.328 e. The number of hydrogen-bond donors (Lipinski definition) is 2. The van der Waals surface area contributed by atoms with E-state index in [0.717, 1.165) is 29.6 Å². The van der Waals surface area contributed by atoms with Crippen LogP contribution in [0.4, 0.5) is 0 Å². The maximum absolute atomic E-state index is 12.3. The Bertz CT molecular complexity index is 737. The Labute approximate surface area is 146 Å². The Morgan fingerprint density at radius 3 is 2.84 bits per heavy atom. The van der Waals surface area contributed by atoms with Gasteiger partial charge in [0.1, 0.15) is 6.04 Å². The third kappa shape index (κ3) is 4.37. The Balaban J connectivity index is 1.67. The molecule has 2 aromatic rings. The summed E-state index contributed by atoms with van der Waals surface area (Å²) in [5.41, 5.74) is 1.97. The molecule has 0 saturated carbocycles. The molecule has 0 aliphatic carbocycles. The van der Waals surface area contributed by atoms with Crippen molar-refractivity contribution in [2.45, 2.75) is 12.5 Å². The van der Waals surface area contributed by atoms with Crippen molar-refractivity contribution in [3.63, 3.8) is 0 Å². The largest absolute Gasteiger partial charge is 0.467 e. The van der Waals surface area contributed by atoms with E-state index < -0.39 is 12.0 Å². The number of aromatic amines is 1. The highest BCUT2D eigenvalue weighted by atomic mass is 16.5. The number of amides is 1. The zero-order valence-electron chi connectivity index (χ0n) is 14.3. The van der Waals surface area contributed by atoms with Crippen molar-refractivity contribution in [2.24, 2.45) is 0 Å². The molecule has 3 rings (SSSR count). The highest BCUT2D eigenvalue weighted by Crippen LogP contribution is 2.19. The van der Waals surface area contributed by atoms with Crippen LogP contribution >= 0.6 is 0 Å². The first-order chi connectivity index (χ1) is 12.2. The lowest BCUT2D eigenvalue weighted by molar-refractivity contribution is -0.145. The van der Waals surface area contributed by atoms with Crippen molar-refractivity contribution in [1.82, 2.24) is 15.2 Å². The van der Waals surface area contributed by atoms with Gasteiger partial charge in [-0.2, -0.15) is 0 Å². The molecule has 25 heavy (non-hydrogen) atoms. The smallest absolute Gasteiger partial charge is 0.328 e. The van der Waals surface area contributed by atoms with Gasteiger partial charge >= 0.3 is 5.97 Å². The summed E-state index contributed by atoms with van der Waals surface area (Å²) in [6.45, 7) is 2.95. The highest BCUT2D eigenvalue weighted by molar-refractivity contribution is 5.87. The van der Waals surface area contributed by atoms with Crippen LogP contribution in [0.3, 0.4) is 0 Å². The molecule has 1 fully saturated rings. The molecule has 1 unspecified atom stereocenters. The number of rotatable bonds is 6. The maximum atomic E-state index is 12.3. The van der Waals surface area contributed by atoms with Crippen LogP contribution < -0.4 is 5.32 Å². The molecule has 1 saturated heterocycles. The minimum absolute atomic E-state index is 0.183. The van der Waals surface area contributed by atoms with Gasteiger partial charge in [0.2, 0.25) is 5.91 Å². The number of methoxy groups -OCH3 is 1. The number of morpholine rings is 1. The Kier molecular flexibility index (Phi) is 5.67. The first-order valence-corrected chi connectivity index (χ1v) is 8.39. The summed E-state index contributed by atoms with van der Waals surface area (Å²) in [5, 5.41) is 3.85. The van der Waals surface area contributed by atoms with Crippen LogP contribution in [-0.4, -0.2) is 67.8 Å². The van der Waals surface area contributed by atoms with Crippen LogP contribution in [0.25, 0.3) is 10.9 Å². The highest BCUT2D eigenvalue weighted by Gasteiger charge is 2.24. The second-order valence-electron chi connectivity index (χ2n) is 6.10. The van der Waals surface area contributed by atoms with Gasteiger partial charge < -0.3 is 19.8 Å². The second kappa shape index (κ2) is 8.13. The number of ether oxygens (including phenoxy) is 2. The molecule has 0 bridgehead atoms. The molecule has 1 aliphatic rings. The summed E-state index contributed by atoms with van der Waals surface area (Å²) in [6.07, 6.45) is 2.25. The molecule has 2 heterocycles. The number of carbonyl (C=O) groups is 2. The number of hydrogen-bond acceptors (Lipinski definition) is 5. The van der Waals surface area contributed by atoms with E-state index in [1.54, 1.807) is 0 Å². The quantitative estimate of drug-likeness (QED) is 0.753. The molecule has 1 aliphatic heterocycles. The van der Waals surface area contributed by atoms with Crippen molar-refractivity contribution in [2.75, 3.05) is 40.0 Å². The molecule has 1 amide bonds. The molecule has 1 aromatic heterocycles. The van der Waals surface area contributed by atoms with Crippen molar-refractivity contribution in [3.8, 4) is 0 Å². The molecular weight excluding hydrogens is 322 g/mol. The van der Waals surface area contributed by atoms with E-state index in [1.165, 1.54) is 7.11 Å². The summed E-state index contributed by atoms with van der Waals surface area (Å²) < 4.78 is 10.1. The van der Waals surface area contributed by atoms with Gasteiger partial charge in [-0.3, -0.25) is 9.69 Å². The monoisotopic (exact) mass is 345 g/mol. The summed E-state index contributed by atoms with van der Waals surface area (Å²) in [6, 6.07) is 7.15. The predicted molar refractivity (Wildman–Crippen MR) is 93.2 cm³/mol. The number of esters is 1. The third-order valence-electron chi connectivity index (χ3n) is 4.39. The van der Waals surface area contributed by atoms with Gasteiger partial charge in [-0.25, -0.2) is 4.79 Å². The van der Waals surface area contributed by atoms with Gasteiger partial charge in [0.05, 0.1) is 26.9 Å². The first kappa shape index (κ1) is 17.4. The van der Waals surface area contributed by atoms with Crippen LogP contribution in [-0.2, 0) is 25.5 Å². The lowest BCUT2D eigenvalue weighted by atomic mass is 10.0. The van der Waals surface area contributed by atoms with Crippen LogP contribution in [0.5, 0.6) is 0 Å². The van der Waals surface area contributed by atoms with Crippen LogP contribution in [0.15, 0.2) is 30.5 Å². The number of H-pyrrole nitrogens is 1. The summed E-state index contributed by atoms with van der Waals surface area (Å²) in [7, 11) is 1.33. The van der Waals surface area contributed by atoms with Crippen molar-refractivity contribution >= 4 is 22.8 Å².